The topological polar surface area (TPSA) is 32.3 Å². The third-order valence-electron chi connectivity index (χ3n) is 3.60. The average Bonchev–Trinajstić information content (AvgIpc) is 2.49. The molecule has 0 aliphatic heterocycles. The second-order valence-electron chi connectivity index (χ2n) is 5.81. The molecule has 0 radical (unpaired) electrons. The van der Waals surface area contributed by atoms with Gasteiger partial charge in [0.1, 0.15) is 5.82 Å². The molecule has 2 rings (SSSR count). The zero-order valence-electron chi connectivity index (χ0n) is 12.5. The van der Waals surface area contributed by atoms with E-state index in [1.807, 2.05) is 30.3 Å². The fourth-order valence-corrected chi connectivity index (χ4v) is 2.71. The number of rotatable bonds is 6. The van der Waals surface area contributed by atoms with Gasteiger partial charge in [-0.25, -0.2) is 4.39 Å². The fraction of sp³-hybridized carbons (Fsp3) is 0.333. The maximum atomic E-state index is 14.0. The predicted octanol–water partition coefficient (Wildman–Crippen LogP) is 4.17. The summed E-state index contributed by atoms with van der Waals surface area (Å²) in [6, 6.07) is 16.3. The molecule has 2 N–H and O–H groups in total. The lowest BCUT2D eigenvalue weighted by Gasteiger charge is -2.36. The van der Waals surface area contributed by atoms with E-state index in [1.165, 1.54) is 6.07 Å². The van der Waals surface area contributed by atoms with E-state index >= 15 is 0 Å². The Kier molecular flexibility index (Phi) is 4.97. The summed E-state index contributed by atoms with van der Waals surface area (Å²) >= 11 is 0. The van der Waals surface area contributed by atoms with Gasteiger partial charge in [-0.1, -0.05) is 56.3 Å². The Morgan fingerprint density at radius 1 is 1.05 bits per heavy atom. The van der Waals surface area contributed by atoms with Crippen LogP contribution in [0, 0.1) is 11.7 Å². The van der Waals surface area contributed by atoms with Crippen molar-refractivity contribution in [2.75, 3.05) is 11.9 Å². The van der Waals surface area contributed by atoms with Crippen LogP contribution in [0.4, 0.5) is 10.1 Å². The van der Waals surface area contributed by atoms with Gasteiger partial charge in [-0.2, -0.15) is 0 Å². The lowest BCUT2D eigenvalue weighted by Crippen LogP contribution is -2.40. The highest BCUT2D eigenvalue weighted by Gasteiger charge is 2.32. The minimum Gasteiger partial charge on any atom is -0.394 e. The monoisotopic (exact) mass is 287 g/mol. The van der Waals surface area contributed by atoms with Gasteiger partial charge in [0.25, 0.3) is 0 Å². The second-order valence-corrected chi connectivity index (χ2v) is 5.81. The third kappa shape index (κ3) is 3.61. The van der Waals surface area contributed by atoms with Gasteiger partial charge in [-0.3, -0.25) is 0 Å². The van der Waals surface area contributed by atoms with Gasteiger partial charge in [-0.05, 0) is 30.0 Å². The van der Waals surface area contributed by atoms with Crippen LogP contribution >= 0.6 is 0 Å². The van der Waals surface area contributed by atoms with E-state index in [0.29, 0.717) is 18.0 Å². The van der Waals surface area contributed by atoms with Gasteiger partial charge in [0, 0.05) is 0 Å². The van der Waals surface area contributed by atoms with Crippen molar-refractivity contribution >= 4 is 5.69 Å². The number of hydrogen-bond donors (Lipinski definition) is 2. The summed E-state index contributed by atoms with van der Waals surface area (Å²) in [5.74, 6) is 0.0478. The molecule has 0 saturated heterocycles. The number of benzene rings is 2. The molecule has 0 saturated carbocycles. The molecule has 112 valence electrons. The number of halogens is 1. The van der Waals surface area contributed by atoms with E-state index in [0.717, 1.165) is 5.56 Å². The van der Waals surface area contributed by atoms with Crippen LogP contribution in [-0.4, -0.2) is 11.7 Å². The Morgan fingerprint density at radius 3 is 2.24 bits per heavy atom. The lowest BCUT2D eigenvalue weighted by atomic mass is 9.82. The van der Waals surface area contributed by atoms with Crippen LogP contribution in [-0.2, 0) is 5.54 Å². The average molecular weight is 287 g/mol. The van der Waals surface area contributed by atoms with Crippen LogP contribution in [0.3, 0.4) is 0 Å². The largest absolute Gasteiger partial charge is 0.394 e. The van der Waals surface area contributed by atoms with Crippen molar-refractivity contribution in [3.63, 3.8) is 0 Å². The summed E-state index contributed by atoms with van der Waals surface area (Å²) < 4.78 is 14.0. The first-order chi connectivity index (χ1) is 10.1. The number of nitrogens with one attached hydrogen (secondary N) is 1. The number of aliphatic hydroxyl groups is 1. The van der Waals surface area contributed by atoms with Crippen LogP contribution in [0.5, 0.6) is 0 Å². The molecule has 0 aliphatic rings. The molecule has 0 heterocycles. The normalized spacial score (nSPS) is 14.0. The van der Waals surface area contributed by atoms with Crippen molar-refractivity contribution in [1.82, 2.24) is 0 Å². The zero-order chi connectivity index (χ0) is 15.3. The van der Waals surface area contributed by atoms with Gasteiger partial charge in [0.05, 0.1) is 17.8 Å². The third-order valence-corrected chi connectivity index (χ3v) is 3.60. The Morgan fingerprint density at radius 2 is 1.67 bits per heavy atom. The Hall–Kier alpha value is -1.87. The van der Waals surface area contributed by atoms with Crippen LogP contribution in [0.1, 0.15) is 25.8 Å². The molecule has 2 nitrogen and oxygen atoms in total. The van der Waals surface area contributed by atoms with Crippen LogP contribution in [0.15, 0.2) is 54.6 Å². The minimum absolute atomic E-state index is 0.0937. The molecule has 0 bridgehead atoms. The Balaban J connectivity index is 2.43. The molecule has 1 atom stereocenters. The highest BCUT2D eigenvalue weighted by Crippen LogP contribution is 2.33. The van der Waals surface area contributed by atoms with Crippen molar-refractivity contribution in [2.24, 2.45) is 5.92 Å². The highest BCUT2D eigenvalue weighted by molar-refractivity contribution is 5.49. The summed E-state index contributed by atoms with van der Waals surface area (Å²) in [5, 5.41) is 13.3. The molecule has 0 aromatic heterocycles. The van der Waals surface area contributed by atoms with Crippen LogP contribution in [0.2, 0.25) is 0 Å². The molecule has 3 heteroatoms. The zero-order valence-corrected chi connectivity index (χ0v) is 12.5. The van der Waals surface area contributed by atoms with Gasteiger partial charge in [0.2, 0.25) is 0 Å². The summed E-state index contributed by atoms with van der Waals surface area (Å²) in [6.45, 7) is 4.09. The van der Waals surface area contributed by atoms with E-state index in [2.05, 4.69) is 19.2 Å². The maximum absolute atomic E-state index is 14.0. The van der Waals surface area contributed by atoms with E-state index in [9.17, 15) is 9.50 Å². The summed E-state index contributed by atoms with van der Waals surface area (Å²) in [6.07, 6.45) is 0.710. The molecule has 0 amide bonds. The van der Waals surface area contributed by atoms with E-state index < -0.39 is 5.54 Å². The van der Waals surface area contributed by atoms with Gasteiger partial charge < -0.3 is 10.4 Å². The number of aliphatic hydroxyl groups excluding tert-OH is 1. The molecule has 0 spiro atoms. The first kappa shape index (κ1) is 15.5. The fourth-order valence-electron chi connectivity index (χ4n) is 2.71. The quantitative estimate of drug-likeness (QED) is 0.835. The SMILES string of the molecule is CC(C)CC(CO)(Nc1ccccc1F)c1ccccc1. The number of hydrogen-bond acceptors (Lipinski definition) is 2. The van der Waals surface area contributed by atoms with E-state index in [-0.39, 0.29) is 12.4 Å². The first-order valence-corrected chi connectivity index (χ1v) is 7.26. The van der Waals surface area contributed by atoms with E-state index in [4.69, 9.17) is 0 Å². The van der Waals surface area contributed by atoms with Gasteiger partial charge >= 0.3 is 0 Å². The van der Waals surface area contributed by atoms with Crippen molar-refractivity contribution in [3.05, 3.63) is 66.0 Å². The Labute approximate surface area is 125 Å². The Bertz CT molecular complexity index is 570. The van der Waals surface area contributed by atoms with Crippen molar-refractivity contribution in [3.8, 4) is 0 Å². The van der Waals surface area contributed by atoms with E-state index in [1.54, 1.807) is 18.2 Å². The first-order valence-electron chi connectivity index (χ1n) is 7.26. The van der Waals surface area contributed by atoms with Crippen LogP contribution in [0.25, 0.3) is 0 Å². The minimum atomic E-state index is -0.683. The number of para-hydroxylation sites is 1. The standard InChI is InChI=1S/C18H22FNO/c1-14(2)12-18(13-21,15-8-4-3-5-9-15)20-17-11-7-6-10-16(17)19/h3-11,14,20-21H,12-13H2,1-2H3. The van der Waals surface area contributed by atoms with Crippen molar-refractivity contribution in [1.29, 1.82) is 0 Å². The van der Waals surface area contributed by atoms with Crippen LogP contribution < -0.4 is 5.32 Å². The molecule has 1 unspecified atom stereocenters. The van der Waals surface area contributed by atoms with Gasteiger partial charge in [0.15, 0.2) is 0 Å². The smallest absolute Gasteiger partial charge is 0.146 e. The summed E-state index contributed by atoms with van der Waals surface area (Å²) in [7, 11) is 0. The maximum Gasteiger partial charge on any atom is 0.146 e. The molecule has 2 aromatic carbocycles. The molecular weight excluding hydrogens is 265 g/mol. The molecule has 0 aliphatic carbocycles. The predicted molar refractivity (Wildman–Crippen MR) is 84.7 cm³/mol. The number of anilines is 1. The van der Waals surface area contributed by atoms with Crippen molar-refractivity contribution < 1.29 is 9.50 Å². The molecule has 2 aromatic rings. The van der Waals surface area contributed by atoms with Crippen molar-refractivity contribution in [2.45, 2.75) is 25.8 Å². The highest BCUT2D eigenvalue weighted by atomic mass is 19.1. The van der Waals surface area contributed by atoms with Gasteiger partial charge in [-0.15, -0.1) is 0 Å². The lowest BCUT2D eigenvalue weighted by molar-refractivity contribution is 0.189. The molecule has 21 heavy (non-hydrogen) atoms. The molecular formula is C18H22FNO. The second kappa shape index (κ2) is 6.72. The molecule has 0 fully saturated rings. The summed E-state index contributed by atoms with van der Waals surface area (Å²) in [5.41, 5.74) is 0.693. The summed E-state index contributed by atoms with van der Waals surface area (Å²) in [4.78, 5) is 0.